The van der Waals surface area contributed by atoms with Gasteiger partial charge >= 0.3 is 0 Å². The Morgan fingerprint density at radius 3 is 2.75 bits per heavy atom. The molecule has 4 nitrogen and oxygen atoms in total. The van der Waals surface area contributed by atoms with Gasteiger partial charge in [-0.2, -0.15) is 0 Å². The van der Waals surface area contributed by atoms with E-state index in [1.807, 2.05) is 32.9 Å². The monoisotopic (exact) mass is 224 g/mol. The van der Waals surface area contributed by atoms with Gasteiger partial charge in [0.15, 0.2) is 0 Å². The summed E-state index contributed by atoms with van der Waals surface area (Å²) in [6.07, 6.45) is 0.498. The van der Waals surface area contributed by atoms with Crippen LogP contribution in [0.25, 0.3) is 0 Å². The summed E-state index contributed by atoms with van der Waals surface area (Å²) in [4.78, 5) is 11.3. The van der Waals surface area contributed by atoms with Crippen molar-refractivity contribution in [2.45, 2.75) is 39.8 Å². The van der Waals surface area contributed by atoms with E-state index in [1.165, 1.54) is 0 Å². The molecule has 1 heterocycles. The van der Waals surface area contributed by atoms with Gasteiger partial charge in [0.2, 0.25) is 5.91 Å². The number of rotatable bonds is 6. The van der Waals surface area contributed by atoms with E-state index in [0.29, 0.717) is 19.5 Å². The summed E-state index contributed by atoms with van der Waals surface area (Å²) in [5.74, 6) is 1.90. The molecule has 0 aromatic carbocycles. The number of hydrogen-bond acceptors (Lipinski definition) is 3. The topological polar surface area (TPSA) is 54.3 Å². The van der Waals surface area contributed by atoms with Crippen LogP contribution in [-0.4, -0.2) is 18.5 Å². The molecule has 4 heteroatoms. The summed E-state index contributed by atoms with van der Waals surface area (Å²) in [5, 5.41) is 6.01. The first-order valence-corrected chi connectivity index (χ1v) is 5.63. The molecule has 0 saturated heterocycles. The van der Waals surface area contributed by atoms with E-state index in [1.54, 1.807) is 0 Å². The van der Waals surface area contributed by atoms with E-state index in [4.69, 9.17) is 4.42 Å². The van der Waals surface area contributed by atoms with Crippen LogP contribution in [0.2, 0.25) is 0 Å². The quantitative estimate of drug-likeness (QED) is 0.721. The zero-order chi connectivity index (χ0) is 12.0. The summed E-state index contributed by atoms with van der Waals surface area (Å²) in [6.45, 7) is 7.16. The number of amides is 1. The van der Waals surface area contributed by atoms with Gasteiger partial charge in [0.1, 0.15) is 11.5 Å². The van der Waals surface area contributed by atoms with Crippen LogP contribution >= 0.6 is 0 Å². The first-order chi connectivity index (χ1) is 7.58. The van der Waals surface area contributed by atoms with Crippen molar-refractivity contribution < 1.29 is 9.21 Å². The Morgan fingerprint density at radius 1 is 1.44 bits per heavy atom. The first kappa shape index (κ1) is 12.8. The van der Waals surface area contributed by atoms with Crippen molar-refractivity contribution in [1.82, 2.24) is 10.6 Å². The largest absolute Gasteiger partial charge is 0.465 e. The maximum Gasteiger partial charge on any atom is 0.221 e. The summed E-state index contributed by atoms with van der Waals surface area (Å²) in [5.41, 5.74) is 0. The van der Waals surface area contributed by atoms with Crippen molar-refractivity contribution in [3.8, 4) is 0 Å². The molecule has 0 fully saturated rings. The van der Waals surface area contributed by atoms with Crippen LogP contribution in [0.4, 0.5) is 0 Å². The van der Waals surface area contributed by atoms with Gasteiger partial charge in [-0.3, -0.25) is 4.79 Å². The third-order valence-electron chi connectivity index (χ3n) is 2.07. The van der Waals surface area contributed by atoms with Crippen molar-refractivity contribution >= 4 is 5.91 Å². The van der Waals surface area contributed by atoms with Crippen molar-refractivity contribution in [3.05, 3.63) is 23.7 Å². The van der Waals surface area contributed by atoms with Crippen molar-refractivity contribution in [2.24, 2.45) is 0 Å². The fourth-order valence-electron chi connectivity index (χ4n) is 1.39. The van der Waals surface area contributed by atoms with E-state index in [-0.39, 0.29) is 11.9 Å². The van der Waals surface area contributed by atoms with Crippen LogP contribution in [0.5, 0.6) is 0 Å². The Hall–Kier alpha value is -1.29. The van der Waals surface area contributed by atoms with E-state index in [0.717, 1.165) is 11.5 Å². The molecule has 0 aliphatic carbocycles. The van der Waals surface area contributed by atoms with Crippen molar-refractivity contribution in [3.63, 3.8) is 0 Å². The highest BCUT2D eigenvalue weighted by molar-refractivity contribution is 5.76. The van der Waals surface area contributed by atoms with Gasteiger partial charge in [0.25, 0.3) is 0 Å². The Balaban J connectivity index is 2.10. The molecule has 0 saturated carbocycles. The number of furan rings is 1. The van der Waals surface area contributed by atoms with Gasteiger partial charge in [-0.25, -0.2) is 0 Å². The lowest BCUT2D eigenvalue weighted by Gasteiger charge is -2.08. The summed E-state index contributed by atoms with van der Waals surface area (Å²) >= 11 is 0. The second kappa shape index (κ2) is 6.33. The minimum Gasteiger partial charge on any atom is -0.465 e. The molecule has 0 atom stereocenters. The molecule has 1 aromatic heterocycles. The van der Waals surface area contributed by atoms with Gasteiger partial charge in [0, 0.05) is 19.0 Å². The molecule has 2 N–H and O–H groups in total. The van der Waals surface area contributed by atoms with Gasteiger partial charge < -0.3 is 15.1 Å². The first-order valence-electron chi connectivity index (χ1n) is 5.63. The fourth-order valence-corrected chi connectivity index (χ4v) is 1.39. The lowest BCUT2D eigenvalue weighted by atomic mass is 10.3. The number of aryl methyl sites for hydroxylation is 1. The summed E-state index contributed by atoms with van der Waals surface area (Å²) in [6, 6.07) is 4.08. The summed E-state index contributed by atoms with van der Waals surface area (Å²) < 4.78 is 5.39. The normalized spacial score (nSPS) is 10.8. The zero-order valence-corrected chi connectivity index (χ0v) is 10.2. The van der Waals surface area contributed by atoms with Crippen LogP contribution in [0.15, 0.2) is 16.5 Å². The Bertz CT molecular complexity index is 332. The maximum absolute atomic E-state index is 11.3. The van der Waals surface area contributed by atoms with E-state index in [9.17, 15) is 4.79 Å². The predicted molar refractivity (Wildman–Crippen MR) is 63.0 cm³/mol. The number of nitrogens with one attached hydrogen (secondary N) is 2. The highest BCUT2D eigenvalue weighted by atomic mass is 16.3. The third-order valence-corrected chi connectivity index (χ3v) is 2.07. The highest BCUT2D eigenvalue weighted by Gasteiger charge is 2.03. The molecule has 1 aromatic rings. The molecule has 16 heavy (non-hydrogen) atoms. The molecule has 1 amide bonds. The highest BCUT2D eigenvalue weighted by Crippen LogP contribution is 2.05. The second-order valence-electron chi connectivity index (χ2n) is 4.16. The van der Waals surface area contributed by atoms with E-state index in [2.05, 4.69) is 10.6 Å². The summed E-state index contributed by atoms with van der Waals surface area (Å²) in [7, 11) is 0. The minimum absolute atomic E-state index is 0.0816. The maximum atomic E-state index is 11.3. The van der Waals surface area contributed by atoms with Gasteiger partial charge in [-0.1, -0.05) is 0 Å². The Morgan fingerprint density at radius 2 is 2.19 bits per heavy atom. The molecule has 0 aliphatic heterocycles. The lowest BCUT2D eigenvalue weighted by Crippen LogP contribution is -2.32. The van der Waals surface area contributed by atoms with Gasteiger partial charge in [-0.05, 0) is 32.9 Å². The minimum atomic E-state index is 0.0816. The van der Waals surface area contributed by atoms with Crippen molar-refractivity contribution in [1.29, 1.82) is 0 Å². The van der Waals surface area contributed by atoms with E-state index < -0.39 is 0 Å². The average molecular weight is 224 g/mol. The fraction of sp³-hybridized carbons (Fsp3) is 0.583. The standard InChI is InChI=1S/C12H20N2O2/c1-9(2)14-12(15)6-7-13-8-11-5-4-10(3)16-11/h4-5,9,13H,6-8H2,1-3H3,(H,14,15). The number of hydrogen-bond donors (Lipinski definition) is 2. The van der Waals surface area contributed by atoms with Gasteiger partial charge in [0.05, 0.1) is 6.54 Å². The van der Waals surface area contributed by atoms with Crippen LogP contribution in [0, 0.1) is 6.92 Å². The molecular formula is C12H20N2O2. The molecule has 0 unspecified atom stereocenters. The second-order valence-corrected chi connectivity index (χ2v) is 4.16. The van der Waals surface area contributed by atoms with Gasteiger partial charge in [-0.15, -0.1) is 0 Å². The molecule has 0 spiro atoms. The predicted octanol–water partition coefficient (Wildman–Crippen LogP) is 1.59. The zero-order valence-electron chi connectivity index (χ0n) is 10.2. The van der Waals surface area contributed by atoms with Crippen LogP contribution in [0.1, 0.15) is 31.8 Å². The lowest BCUT2D eigenvalue weighted by molar-refractivity contribution is -0.121. The average Bonchev–Trinajstić information content (AvgIpc) is 2.58. The Kier molecular flexibility index (Phi) is 5.05. The Labute approximate surface area is 96.4 Å². The smallest absolute Gasteiger partial charge is 0.221 e. The van der Waals surface area contributed by atoms with Crippen LogP contribution in [0.3, 0.4) is 0 Å². The molecule has 1 rings (SSSR count). The van der Waals surface area contributed by atoms with Crippen molar-refractivity contribution in [2.75, 3.05) is 6.54 Å². The number of carbonyl (C=O) groups is 1. The molecule has 0 radical (unpaired) electrons. The molecule has 0 aliphatic rings. The molecule has 0 bridgehead atoms. The third kappa shape index (κ3) is 4.98. The van der Waals surface area contributed by atoms with Crippen LogP contribution in [-0.2, 0) is 11.3 Å². The van der Waals surface area contributed by atoms with E-state index >= 15 is 0 Å². The molecular weight excluding hydrogens is 204 g/mol. The SMILES string of the molecule is Cc1ccc(CNCCC(=O)NC(C)C)o1. The number of carbonyl (C=O) groups excluding carboxylic acids is 1. The molecule has 90 valence electrons. The van der Waals surface area contributed by atoms with Crippen LogP contribution < -0.4 is 10.6 Å².